The number of benzene rings is 4. The number of carboxylic acids is 1. The lowest BCUT2D eigenvalue weighted by Crippen LogP contribution is -2.58. The van der Waals surface area contributed by atoms with Gasteiger partial charge in [0.05, 0.1) is 41.0 Å². The summed E-state index contributed by atoms with van der Waals surface area (Å²) in [4.78, 5) is 88.8. The van der Waals surface area contributed by atoms with Gasteiger partial charge in [0.2, 0.25) is 29.5 Å². The number of carbonyl (C=O) groups is 6. The standard InChI is InChI=1S/C58H65FN8O12S2/c1-34-51(81-33-63-34)37-8-6-35(7-9-37)29-62-53(72)45-25-40(68)30-67(45)54(73)52(57(2,3)4)65-50(71)32-77-31-49(70)60-18-20-76-21-22-78-46-24-39-16-17-64-58(5,28-48(69)66-56-61-19-23-80-56)43(39)27-47(46)79-41-14-15-42(44(59)26-41)36-10-12-38(13-11-36)55(74)75/h6-15,19,23-24,26-27,33,40,45,52,64,68H,16-18,20-22,25,28-32H2,1-5H3,(H,60,70)(H,62,72)(H,65,71)(H,74,75)(H,61,66,69)/t40-,45+,52?,58-/m1/s1. The number of hydrogen-bond donors (Lipinski definition) is 7. The Bertz CT molecular complexity index is 3210. The largest absolute Gasteiger partial charge is 0.487 e. The highest BCUT2D eigenvalue weighted by atomic mass is 32.1. The van der Waals surface area contributed by atoms with E-state index in [0.29, 0.717) is 29.4 Å². The predicted octanol–water partition coefficient (Wildman–Crippen LogP) is 6.60. The van der Waals surface area contributed by atoms with Gasteiger partial charge in [0.1, 0.15) is 43.5 Å². The Balaban J connectivity index is 0.799. The van der Waals surface area contributed by atoms with Crippen molar-refractivity contribution < 1.29 is 62.3 Å². The van der Waals surface area contributed by atoms with E-state index >= 15 is 4.39 Å². The summed E-state index contributed by atoms with van der Waals surface area (Å²) in [5.41, 5.74) is 5.45. The number of ether oxygens (including phenoxy) is 4. The van der Waals surface area contributed by atoms with E-state index in [4.69, 9.17) is 18.9 Å². The molecule has 8 rings (SSSR count). The van der Waals surface area contributed by atoms with Crippen molar-refractivity contribution in [2.24, 2.45) is 5.41 Å². The third kappa shape index (κ3) is 15.6. The molecule has 4 atom stereocenters. The Morgan fingerprint density at radius 2 is 1.63 bits per heavy atom. The lowest BCUT2D eigenvalue weighted by atomic mass is 9.81. The second kappa shape index (κ2) is 26.7. The molecule has 2 aliphatic heterocycles. The number of nitrogens with one attached hydrogen (secondary N) is 5. The molecule has 4 heterocycles. The summed E-state index contributed by atoms with van der Waals surface area (Å²) in [6.45, 7) is 9.21. The molecule has 1 unspecified atom stereocenters. The van der Waals surface area contributed by atoms with Crippen molar-refractivity contribution in [2.75, 3.05) is 58.0 Å². The predicted molar refractivity (Wildman–Crippen MR) is 302 cm³/mol. The van der Waals surface area contributed by atoms with Gasteiger partial charge in [-0.1, -0.05) is 57.2 Å². The molecule has 2 aliphatic rings. The van der Waals surface area contributed by atoms with Crippen LogP contribution in [0.25, 0.3) is 21.6 Å². The van der Waals surface area contributed by atoms with Crippen LogP contribution in [-0.4, -0.2) is 131 Å². The van der Waals surface area contributed by atoms with E-state index in [0.717, 1.165) is 32.8 Å². The number of aryl methyl sites for hydroxylation is 1. The number of β-amino-alcohol motifs (C(OH)–C–C–N with tert-alkyl or cyclic N) is 1. The Labute approximate surface area is 475 Å². The van der Waals surface area contributed by atoms with E-state index in [-0.39, 0.29) is 80.8 Å². The minimum atomic E-state index is -1.09. The number of likely N-dealkylation sites (tertiary alicyclic amines) is 1. The number of rotatable bonds is 24. The zero-order valence-electron chi connectivity index (χ0n) is 45.5. The summed E-state index contributed by atoms with van der Waals surface area (Å²) in [7, 11) is 0. The highest BCUT2D eigenvalue weighted by Gasteiger charge is 2.44. The maximum Gasteiger partial charge on any atom is 0.335 e. The molecule has 23 heteroatoms. The van der Waals surface area contributed by atoms with Gasteiger partial charge in [0.15, 0.2) is 16.6 Å². The number of halogens is 1. The molecule has 0 saturated carbocycles. The van der Waals surface area contributed by atoms with Crippen LogP contribution in [0.3, 0.4) is 0 Å². The molecular weight excluding hydrogens is 1080 g/mol. The number of aromatic carboxylic acids is 1. The first-order chi connectivity index (χ1) is 38.7. The van der Waals surface area contributed by atoms with E-state index in [1.807, 2.05) is 44.2 Å². The van der Waals surface area contributed by atoms with Gasteiger partial charge in [-0.2, -0.15) is 0 Å². The van der Waals surface area contributed by atoms with Crippen molar-refractivity contribution in [3.8, 4) is 38.8 Å². The first-order valence-corrected chi connectivity index (χ1v) is 28.0. The first-order valence-electron chi connectivity index (χ1n) is 26.3. The van der Waals surface area contributed by atoms with E-state index in [1.54, 1.807) is 61.3 Å². The summed E-state index contributed by atoms with van der Waals surface area (Å²) in [5.74, 6) is -3.33. The van der Waals surface area contributed by atoms with Crippen molar-refractivity contribution in [3.63, 3.8) is 0 Å². The smallest absolute Gasteiger partial charge is 0.335 e. The fourth-order valence-electron chi connectivity index (χ4n) is 9.57. The molecule has 7 N–H and O–H groups in total. The number of nitrogens with zero attached hydrogens (tertiary/aromatic N) is 3. The number of aliphatic hydroxyl groups excluding tert-OH is 1. The fraction of sp³-hybridized carbons (Fsp3) is 0.379. The lowest BCUT2D eigenvalue weighted by Gasteiger charge is -2.37. The Morgan fingerprint density at radius 1 is 0.877 bits per heavy atom. The second-order valence-electron chi connectivity index (χ2n) is 20.9. The molecule has 1 saturated heterocycles. The lowest BCUT2D eigenvalue weighted by molar-refractivity contribution is -0.145. The number of thiazole rings is 2. The summed E-state index contributed by atoms with van der Waals surface area (Å²) in [5, 5.41) is 36.7. The fourth-order valence-corrected chi connectivity index (χ4v) is 10.9. The van der Waals surface area contributed by atoms with Crippen LogP contribution in [0.5, 0.6) is 17.2 Å². The summed E-state index contributed by atoms with van der Waals surface area (Å²) >= 11 is 2.86. The number of anilines is 1. The van der Waals surface area contributed by atoms with Crippen LogP contribution in [-0.2, 0) is 52.0 Å². The van der Waals surface area contributed by atoms with Crippen LogP contribution in [0.15, 0.2) is 96.0 Å². The van der Waals surface area contributed by atoms with Crippen LogP contribution in [0.1, 0.15) is 73.3 Å². The van der Waals surface area contributed by atoms with Gasteiger partial charge in [-0.05, 0) is 89.9 Å². The van der Waals surface area contributed by atoms with Gasteiger partial charge in [-0.3, -0.25) is 24.0 Å². The van der Waals surface area contributed by atoms with Crippen LogP contribution in [0.2, 0.25) is 0 Å². The van der Waals surface area contributed by atoms with E-state index in [1.165, 1.54) is 52.6 Å². The van der Waals surface area contributed by atoms with Crippen molar-refractivity contribution >= 4 is 63.3 Å². The number of aliphatic hydroxyl groups is 1. The van der Waals surface area contributed by atoms with Gasteiger partial charge in [0.25, 0.3) is 0 Å². The first kappa shape index (κ1) is 59.5. The second-order valence-corrected chi connectivity index (χ2v) is 22.7. The van der Waals surface area contributed by atoms with E-state index in [9.17, 15) is 39.0 Å². The van der Waals surface area contributed by atoms with Gasteiger partial charge in [0, 0.05) is 67.8 Å². The van der Waals surface area contributed by atoms with Crippen molar-refractivity contribution in [1.82, 2.24) is 36.1 Å². The number of amides is 5. The maximum absolute atomic E-state index is 15.7. The highest BCUT2D eigenvalue weighted by Crippen LogP contribution is 2.42. The molecule has 4 aromatic carbocycles. The van der Waals surface area contributed by atoms with Gasteiger partial charge >= 0.3 is 5.97 Å². The molecule has 20 nitrogen and oxygen atoms in total. The average Bonchev–Trinajstić information content (AvgIpc) is 4.25. The molecule has 428 valence electrons. The van der Waals surface area contributed by atoms with Gasteiger partial charge in [-0.15, -0.1) is 22.7 Å². The molecule has 6 aromatic rings. The molecule has 1 fully saturated rings. The molecule has 5 amide bonds. The van der Waals surface area contributed by atoms with E-state index < -0.39 is 77.8 Å². The van der Waals surface area contributed by atoms with Crippen LogP contribution < -0.4 is 36.1 Å². The van der Waals surface area contributed by atoms with Crippen LogP contribution in [0, 0.1) is 18.2 Å². The maximum atomic E-state index is 15.7. The summed E-state index contributed by atoms with van der Waals surface area (Å²) < 4.78 is 39.3. The van der Waals surface area contributed by atoms with Crippen LogP contribution in [0.4, 0.5) is 9.52 Å². The van der Waals surface area contributed by atoms with Crippen molar-refractivity contribution in [2.45, 2.75) is 84.2 Å². The number of aromatic nitrogens is 2. The monoisotopic (exact) mass is 1150 g/mol. The molecular formula is C58H65FN8O12S2. The number of hydrogen-bond acceptors (Lipinski definition) is 16. The highest BCUT2D eigenvalue weighted by molar-refractivity contribution is 7.14. The number of fused-ring (bicyclic) bond motifs is 1. The molecule has 81 heavy (non-hydrogen) atoms. The van der Waals surface area contributed by atoms with Crippen LogP contribution >= 0.6 is 22.7 Å². The SMILES string of the molecule is Cc1ncsc1-c1ccc(CNC(=O)[C@@H]2C[C@@H](O)CN2C(=O)C(NC(=O)COCC(=O)NCCOCCOc2cc3c(cc2Oc2ccc(-c4ccc(C(=O)O)cc4)c(F)c2)[C@@](C)(CC(=O)Nc2nccs2)NCC3)C(C)(C)C)cc1. The number of carboxylic acid groups (broad SMARTS) is 1. The molecule has 0 bridgehead atoms. The molecule has 0 radical (unpaired) electrons. The normalized spacial score (nSPS) is 17.1. The third-order valence-electron chi connectivity index (χ3n) is 13.7. The Kier molecular flexibility index (Phi) is 19.6. The minimum absolute atomic E-state index is 0.0343. The van der Waals surface area contributed by atoms with E-state index in [2.05, 4.69) is 36.6 Å². The zero-order valence-corrected chi connectivity index (χ0v) is 47.1. The summed E-state index contributed by atoms with van der Waals surface area (Å²) in [6.07, 6.45) is 1.38. The average molecular weight is 1150 g/mol. The summed E-state index contributed by atoms with van der Waals surface area (Å²) in [6, 6.07) is 19.5. The van der Waals surface area contributed by atoms with Crippen molar-refractivity contribution in [1.29, 1.82) is 0 Å². The minimum Gasteiger partial charge on any atom is -0.487 e. The Hall–Kier alpha value is -7.67. The molecule has 0 aliphatic carbocycles. The molecule has 2 aromatic heterocycles. The molecule has 0 spiro atoms. The quantitative estimate of drug-likeness (QED) is 0.0315. The zero-order chi connectivity index (χ0) is 57.8. The van der Waals surface area contributed by atoms with Gasteiger partial charge < -0.3 is 60.6 Å². The Morgan fingerprint density at radius 3 is 2.32 bits per heavy atom. The topological polar surface area (TPSA) is 269 Å². The van der Waals surface area contributed by atoms with Gasteiger partial charge in [-0.25, -0.2) is 19.2 Å². The third-order valence-corrected chi connectivity index (χ3v) is 15.4. The van der Waals surface area contributed by atoms with Crippen molar-refractivity contribution in [3.05, 3.63) is 130 Å². The number of carbonyl (C=O) groups excluding carboxylic acids is 5.